The summed E-state index contributed by atoms with van der Waals surface area (Å²) in [6.45, 7) is 4.18. The molecule has 0 bridgehead atoms. The van der Waals surface area contributed by atoms with Crippen molar-refractivity contribution in [2.45, 2.75) is 24.7 Å². The largest absolute Gasteiger partial charge is 0.858 e. The molecule has 0 saturated heterocycles. The summed E-state index contributed by atoms with van der Waals surface area (Å²) in [6, 6.07) is 20.1. The van der Waals surface area contributed by atoms with Crippen LogP contribution in [0.3, 0.4) is 0 Å². The quantitative estimate of drug-likeness (QED) is 0.413. The number of rotatable bonds is 6. The Hall–Kier alpha value is -2.64. The van der Waals surface area contributed by atoms with Crippen LogP contribution < -0.4 is 9.83 Å². The van der Waals surface area contributed by atoms with Gasteiger partial charge in [0.15, 0.2) is 0 Å². The molecule has 0 aliphatic rings. The molecule has 0 spiro atoms. The van der Waals surface area contributed by atoms with Crippen LogP contribution in [0.4, 0.5) is 11.4 Å². The monoisotopic (exact) mass is 471 g/mol. The van der Waals surface area contributed by atoms with E-state index in [0.717, 1.165) is 10.0 Å². The van der Waals surface area contributed by atoms with Gasteiger partial charge in [0.1, 0.15) is 0 Å². The van der Waals surface area contributed by atoms with Crippen molar-refractivity contribution in [1.82, 2.24) is 0 Å². The van der Waals surface area contributed by atoms with E-state index < -0.39 is 15.9 Å². The van der Waals surface area contributed by atoms with Gasteiger partial charge in [-0.15, -0.1) is 0 Å². The third-order valence-corrected chi connectivity index (χ3v) is 6.23. The summed E-state index contributed by atoms with van der Waals surface area (Å²) in [5.74, 6) is -0.134. The predicted molar refractivity (Wildman–Crippen MR) is 118 cm³/mol. The molecule has 0 aromatic heterocycles. The van der Waals surface area contributed by atoms with E-state index in [4.69, 9.17) is 0 Å². The fourth-order valence-electron chi connectivity index (χ4n) is 2.69. The van der Waals surface area contributed by atoms with Crippen LogP contribution in [0.2, 0.25) is 0 Å². The van der Waals surface area contributed by atoms with Gasteiger partial charge in [0, 0.05) is 10.0 Å². The van der Waals surface area contributed by atoms with Gasteiger partial charge in [-0.3, -0.25) is 9.71 Å². The molecule has 0 amide bonds. The smallest absolute Gasteiger partial charge is 0.261 e. The van der Waals surface area contributed by atoms with Crippen LogP contribution in [0.5, 0.6) is 0 Å². The average molecular weight is 472 g/mol. The number of aliphatic imine (C=N–C) groups is 1. The topological polar surface area (TPSA) is 81.6 Å². The lowest BCUT2D eigenvalue weighted by atomic mass is 10.0. The van der Waals surface area contributed by atoms with E-state index in [1.165, 1.54) is 12.1 Å². The van der Waals surface area contributed by atoms with Crippen LogP contribution in [0, 0.1) is 0 Å². The second-order valence-electron chi connectivity index (χ2n) is 6.77. The molecule has 29 heavy (non-hydrogen) atoms. The number of sulfonamides is 1. The predicted octanol–water partition coefficient (Wildman–Crippen LogP) is 4.81. The SMILES string of the molecule is CC(C)c1ccc(N=C([O-])c2ccccc2NS(=O)(=O)c2ccc(Br)cc2)cc1. The molecule has 0 radical (unpaired) electrons. The van der Waals surface area contributed by atoms with Gasteiger partial charge in [-0.25, -0.2) is 8.42 Å². The van der Waals surface area contributed by atoms with Crippen molar-refractivity contribution in [3.63, 3.8) is 0 Å². The van der Waals surface area contributed by atoms with E-state index in [1.807, 2.05) is 12.1 Å². The Morgan fingerprint density at radius 2 is 1.59 bits per heavy atom. The second kappa shape index (κ2) is 8.80. The number of nitrogens with zero attached hydrogens (tertiary/aromatic N) is 1. The van der Waals surface area contributed by atoms with Gasteiger partial charge in [0.05, 0.1) is 16.3 Å². The van der Waals surface area contributed by atoms with Gasteiger partial charge in [-0.05, 0) is 59.8 Å². The standard InChI is InChI=1S/C22H21BrN2O3S/c1-15(2)16-7-11-18(12-8-16)24-22(26)20-5-3-4-6-21(20)25-29(27,28)19-13-9-17(23)10-14-19/h3-15,25H,1-2H3,(H,24,26)/p-1. The Balaban J connectivity index is 1.91. The number of anilines is 1. The summed E-state index contributed by atoms with van der Waals surface area (Å²) >= 11 is 3.28. The molecule has 3 aromatic rings. The molecule has 0 unspecified atom stereocenters. The molecule has 3 aromatic carbocycles. The summed E-state index contributed by atoms with van der Waals surface area (Å²) < 4.78 is 28.6. The Kier molecular flexibility index (Phi) is 6.39. The Morgan fingerprint density at radius 1 is 0.966 bits per heavy atom. The first kappa shape index (κ1) is 21.1. The molecule has 0 aliphatic carbocycles. The fraction of sp³-hybridized carbons (Fsp3) is 0.136. The number of benzene rings is 3. The molecule has 0 aliphatic heterocycles. The fourth-order valence-corrected chi connectivity index (χ4v) is 4.03. The third kappa shape index (κ3) is 5.25. The van der Waals surface area contributed by atoms with Crippen molar-refractivity contribution in [3.05, 3.63) is 88.4 Å². The minimum atomic E-state index is -3.84. The molecule has 0 heterocycles. The zero-order valence-electron chi connectivity index (χ0n) is 16.0. The van der Waals surface area contributed by atoms with E-state index >= 15 is 0 Å². The molecule has 3 rings (SSSR count). The summed E-state index contributed by atoms with van der Waals surface area (Å²) in [5, 5.41) is 12.7. The molecular formula is C22H20BrN2O3S-. The first-order valence-electron chi connectivity index (χ1n) is 9.00. The molecule has 0 atom stereocenters. The van der Waals surface area contributed by atoms with E-state index in [1.54, 1.807) is 48.5 Å². The molecule has 150 valence electrons. The van der Waals surface area contributed by atoms with E-state index in [-0.39, 0.29) is 16.1 Å². The number of hydrogen-bond acceptors (Lipinski definition) is 4. The summed E-state index contributed by atoms with van der Waals surface area (Å²) in [7, 11) is -3.84. The van der Waals surface area contributed by atoms with Crippen molar-refractivity contribution >= 4 is 43.2 Å². The lowest BCUT2D eigenvalue weighted by molar-refractivity contribution is -0.212. The van der Waals surface area contributed by atoms with Gasteiger partial charge >= 0.3 is 0 Å². The zero-order valence-corrected chi connectivity index (χ0v) is 18.4. The number of para-hydroxylation sites is 1. The Morgan fingerprint density at radius 3 is 2.21 bits per heavy atom. The van der Waals surface area contributed by atoms with E-state index in [0.29, 0.717) is 11.6 Å². The van der Waals surface area contributed by atoms with Crippen molar-refractivity contribution in [2.24, 2.45) is 4.99 Å². The van der Waals surface area contributed by atoms with Crippen LogP contribution in [-0.4, -0.2) is 14.3 Å². The molecular weight excluding hydrogens is 452 g/mol. The third-order valence-electron chi connectivity index (χ3n) is 4.32. The van der Waals surface area contributed by atoms with Crippen molar-refractivity contribution in [1.29, 1.82) is 0 Å². The highest BCUT2D eigenvalue weighted by Gasteiger charge is 2.16. The van der Waals surface area contributed by atoms with Gasteiger partial charge in [0.2, 0.25) is 0 Å². The maximum absolute atomic E-state index is 12.7. The first-order chi connectivity index (χ1) is 13.8. The van der Waals surface area contributed by atoms with Crippen LogP contribution in [0.15, 0.2) is 87.2 Å². The number of hydrogen-bond donors (Lipinski definition) is 1. The maximum Gasteiger partial charge on any atom is 0.261 e. The molecule has 0 saturated carbocycles. The van der Waals surface area contributed by atoms with Gasteiger partial charge < -0.3 is 5.11 Å². The number of nitrogens with one attached hydrogen (secondary N) is 1. The van der Waals surface area contributed by atoms with Crippen LogP contribution >= 0.6 is 15.9 Å². The Bertz CT molecular complexity index is 1120. The highest BCUT2D eigenvalue weighted by atomic mass is 79.9. The molecule has 1 N–H and O–H groups in total. The highest BCUT2D eigenvalue weighted by Crippen LogP contribution is 2.23. The summed E-state index contributed by atoms with van der Waals surface area (Å²) in [4.78, 5) is 4.23. The summed E-state index contributed by atoms with van der Waals surface area (Å²) in [6.07, 6.45) is 0. The Labute approximate surface area is 179 Å². The minimum absolute atomic E-state index is 0.101. The first-order valence-corrected chi connectivity index (χ1v) is 11.3. The maximum atomic E-state index is 12.7. The van der Waals surface area contributed by atoms with Crippen molar-refractivity contribution in [2.75, 3.05) is 4.72 Å². The van der Waals surface area contributed by atoms with Crippen molar-refractivity contribution < 1.29 is 13.5 Å². The van der Waals surface area contributed by atoms with Gasteiger partial charge in [-0.1, -0.05) is 60.1 Å². The summed E-state index contributed by atoms with van der Waals surface area (Å²) in [5.41, 5.74) is 2.04. The second-order valence-corrected chi connectivity index (χ2v) is 9.37. The number of halogens is 1. The van der Waals surface area contributed by atoms with Gasteiger partial charge in [-0.2, -0.15) is 0 Å². The lowest BCUT2D eigenvalue weighted by Gasteiger charge is -2.17. The molecule has 7 heteroatoms. The normalized spacial score (nSPS) is 12.2. The lowest BCUT2D eigenvalue weighted by Crippen LogP contribution is -2.22. The minimum Gasteiger partial charge on any atom is -0.858 e. The van der Waals surface area contributed by atoms with Crippen LogP contribution in [-0.2, 0) is 10.0 Å². The average Bonchev–Trinajstić information content (AvgIpc) is 2.69. The highest BCUT2D eigenvalue weighted by molar-refractivity contribution is 9.10. The van der Waals surface area contributed by atoms with Gasteiger partial charge in [0.25, 0.3) is 10.0 Å². The molecule has 0 fully saturated rings. The zero-order chi connectivity index (χ0) is 21.0. The van der Waals surface area contributed by atoms with Crippen LogP contribution in [0.25, 0.3) is 0 Å². The van der Waals surface area contributed by atoms with E-state index in [2.05, 4.69) is 39.5 Å². The van der Waals surface area contributed by atoms with E-state index in [9.17, 15) is 13.5 Å². The molecule has 5 nitrogen and oxygen atoms in total. The van der Waals surface area contributed by atoms with Crippen LogP contribution in [0.1, 0.15) is 30.9 Å². The van der Waals surface area contributed by atoms with Crippen molar-refractivity contribution in [3.8, 4) is 0 Å².